The fourth-order valence-electron chi connectivity index (χ4n) is 3.34. The van der Waals surface area contributed by atoms with Crippen molar-refractivity contribution in [1.82, 2.24) is 19.6 Å². The van der Waals surface area contributed by atoms with Crippen LogP contribution in [0.1, 0.15) is 0 Å². The van der Waals surface area contributed by atoms with Gasteiger partial charge in [-0.2, -0.15) is 0 Å². The maximum Gasteiger partial charge on any atom is 0.234 e. The molecule has 0 unspecified atom stereocenters. The molecule has 158 valence electrons. The SMILES string of the molecule is O=C(CSc1nnc2c3ccccc3nc(-c3ccccc3)n12)Nc1ccc(F)cc1F. The monoisotopic (exact) mass is 447 g/mol. The van der Waals surface area contributed by atoms with E-state index in [-0.39, 0.29) is 11.4 Å². The summed E-state index contributed by atoms with van der Waals surface area (Å²) < 4.78 is 28.7. The summed E-state index contributed by atoms with van der Waals surface area (Å²) in [6, 6.07) is 20.3. The van der Waals surface area contributed by atoms with Crippen LogP contribution in [0.2, 0.25) is 0 Å². The van der Waals surface area contributed by atoms with E-state index in [0.717, 1.165) is 40.4 Å². The quantitative estimate of drug-likeness (QED) is 0.386. The zero-order valence-corrected chi connectivity index (χ0v) is 17.3. The van der Waals surface area contributed by atoms with Crippen LogP contribution in [0.25, 0.3) is 27.9 Å². The molecular formula is C23H15F2N5OS. The highest BCUT2D eigenvalue weighted by Gasteiger charge is 2.18. The van der Waals surface area contributed by atoms with Crippen molar-refractivity contribution in [3.63, 3.8) is 0 Å². The number of nitrogens with one attached hydrogen (secondary N) is 1. The number of aromatic nitrogens is 4. The number of hydrogen-bond donors (Lipinski definition) is 1. The summed E-state index contributed by atoms with van der Waals surface area (Å²) in [7, 11) is 0. The largest absolute Gasteiger partial charge is 0.323 e. The molecule has 0 saturated carbocycles. The Morgan fingerprint density at radius 1 is 0.969 bits per heavy atom. The van der Waals surface area contributed by atoms with Crippen LogP contribution in [0.4, 0.5) is 14.5 Å². The van der Waals surface area contributed by atoms with Crippen LogP contribution in [0.15, 0.2) is 78.0 Å². The van der Waals surface area contributed by atoms with Gasteiger partial charge in [0.05, 0.1) is 17.0 Å². The lowest BCUT2D eigenvalue weighted by atomic mass is 10.2. The van der Waals surface area contributed by atoms with Crippen LogP contribution in [0.3, 0.4) is 0 Å². The van der Waals surface area contributed by atoms with Crippen LogP contribution in [0, 0.1) is 11.6 Å². The number of hydrogen-bond acceptors (Lipinski definition) is 5. The third-order valence-electron chi connectivity index (χ3n) is 4.79. The number of carbonyl (C=O) groups excluding carboxylic acids is 1. The Bertz CT molecular complexity index is 1460. The van der Waals surface area contributed by atoms with Crippen molar-refractivity contribution in [3.05, 3.63) is 84.4 Å². The van der Waals surface area contributed by atoms with Gasteiger partial charge in [0.25, 0.3) is 0 Å². The summed E-state index contributed by atoms with van der Waals surface area (Å²) in [5.74, 6) is -1.39. The van der Waals surface area contributed by atoms with Gasteiger partial charge in [0.1, 0.15) is 17.5 Å². The highest BCUT2D eigenvalue weighted by atomic mass is 32.2. The minimum absolute atomic E-state index is 0.0430. The molecule has 2 aromatic heterocycles. The second-order valence-electron chi connectivity index (χ2n) is 6.92. The Kier molecular flexibility index (Phi) is 5.24. The van der Waals surface area contributed by atoms with E-state index in [4.69, 9.17) is 4.98 Å². The first-order valence-corrected chi connectivity index (χ1v) is 10.7. The highest BCUT2D eigenvalue weighted by Crippen LogP contribution is 2.29. The topological polar surface area (TPSA) is 72.2 Å². The number of rotatable bonds is 5. The average molecular weight is 447 g/mol. The molecule has 5 rings (SSSR count). The zero-order valence-electron chi connectivity index (χ0n) is 16.5. The van der Waals surface area contributed by atoms with E-state index in [0.29, 0.717) is 16.6 Å². The minimum Gasteiger partial charge on any atom is -0.323 e. The summed E-state index contributed by atoms with van der Waals surface area (Å²) in [5.41, 5.74) is 2.21. The van der Waals surface area contributed by atoms with Crippen molar-refractivity contribution in [2.75, 3.05) is 11.1 Å². The van der Waals surface area contributed by atoms with Gasteiger partial charge in [-0.3, -0.25) is 9.20 Å². The minimum atomic E-state index is -0.835. The highest BCUT2D eigenvalue weighted by molar-refractivity contribution is 7.99. The van der Waals surface area contributed by atoms with E-state index in [2.05, 4.69) is 15.5 Å². The lowest BCUT2D eigenvalue weighted by Gasteiger charge is -2.10. The molecule has 0 bridgehead atoms. The molecule has 0 atom stereocenters. The molecule has 0 spiro atoms. The summed E-state index contributed by atoms with van der Waals surface area (Å²) in [5, 5.41) is 12.4. The van der Waals surface area contributed by atoms with Crippen LogP contribution >= 0.6 is 11.8 Å². The summed E-state index contributed by atoms with van der Waals surface area (Å²) >= 11 is 1.15. The smallest absolute Gasteiger partial charge is 0.234 e. The van der Waals surface area contributed by atoms with Gasteiger partial charge in [-0.15, -0.1) is 10.2 Å². The lowest BCUT2D eigenvalue weighted by Crippen LogP contribution is -2.15. The summed E-state index contributed by atoms with van der Waals surface area (Å²) in [6.45, 7) is 0. The Morgan fingerprint density at radius 3 is 2.56 bits per heavy atom. The van der Waals surface area contributed by atoms with Crippen molar-refractivity contribution in [1.29, 1.82) is 0 Å². The molecule has 32 heavy (non-hydrogen) atoms. The summed E-state index contributed by atoms with van der Waals surface area (Å²) in [4.78, 5) is 17.2. The van der Waals surface area contributed by atoms with E-state index >= 15 is 0 Å². The number of benzene rings is 3. The normalized spacial score (nSPS) is 11.2. The van der Waals surface area contributed by atoms with Gasteiger partial charge < -0.3 is 5.32 Å². The molecule has 0 saturated heterocycles. The Morgan fingerprint density at radius 2 is 1.75 bits per heavy atom. The Labute approximate surface area is 185 Å². The third kappa shape index (κ3) is 3.78. The molecular weight excluding hydrogens is 432 g/mol. The predicted molar refractivity (Wildman–Crippen MR) is 119 cm³/mol. The molecule has 2 heterocycles. The third-order valence-corrected chi connectivity index (χ3v) is 5.71. The predicted octanol–water partition coefficient (Wildman–Crippen LogP) is 4.95. The number of carbonyl (C=O) groups is 1. The Hall–Kier alpha value is -3.85. The maximum absolute atomic E-state index is 13.8. The fourth-order valence-corrected chi connectivity index (χ4v) is 4.07. The van der Waals surface area contributed by atoms with Gasteiger partial charge >= 0.3 is 0 Å². The van der Waals surface area contributed by atoms with Crippen LogP contribution < -0.4 is 5.32 Å². The number of anilines is 1. The van der Waals surface area contributed by atoms with Crippen LogP contribution in [-0.4, -0.2) is 31.2 Å². The molecule has 0 fully saturated rings. The molecule has 0 radical (unpaired) electrons. The number of amides is 1. The van der Waals surface area contributed by atoms with E-state index in [1.165, 1.54) is 6.07 Å². The molecule has 1 N–H and O–H groups in total. The van der Waals surface area contributed by atoms with Crippen molar-refractivity contribution in [2.45, 2.75) is 5.16 Å². The van der Waals surface area contributed by atoms with E-state index in [1.54, 1.807) is 0 Å². The summed E-state index contributed by atoms with van der Waals surface area (Å²) in [6.07, 6.45) is 0. The van der Waals surface area contributed by atoms with E-state index in [9.17, 15) is 13.6 Å². The molecule has 1 amide bonds. The van der Waals surface area contributed by atoms with Gasteiger partial charge in [0.2, 0.25) is 5.91 Å². The molecule has 0 aliphatic heterocycles. The van der Waals surface area contributed by atoms with Gasteiger partial charge in [0.15, 0.2) is 10.8 Å². The van der Waals surface area contributed by atoms with Crippen molar-refractivity contribution in [2.24, 2.45) is 0 Å². The van der Waals surface area contributed by atoms with Crippen LogP contribution in [0.5, 0.6) is 0 Å². The number of fused-ring (bicyclic) bond motifs is 3. The molecule has 5 aromatic rings. The second kappa shape index (κ2) is 8.35. The first-order chi connectivity index (χ1) is 15.6. The zero-order chi connectivity index (χ0) is 22.1. The average Bonchev–Trinajstić information content (AvgIpc) is 3.24. The lowest BCUT2D eigenvalue weighted by molar-refractivity contribution is -0.113. The standard InChI is InChI=1S/C23H15F2N5OS/c24-15-10-11-19(17(25)12-15)26-20(31)13-32-23-29-28-22-16-8-4-5-9-18(16)27-21(30(22)23)14-6-2-1-3-7-14/h1-12H,13H2,(H,26,31). The molecule has 3 aromatic carbocycles. The number of para-hydroxylation sites is 1. The first kappa shape index (κ1) is 20.1. The molecule has 0 aliphatic carbocycles. The van der Waals surface area contributed by atoms with Gasteiger partial charge in [0, 0.05) is 17.0 Å². The maximum atomic E-state index is 13.8. The van der Waals surface area contributed by atoms with Crippen LogP contribution in [-0.2, 0) is 4.79 Å². The molecule has 6 nitrogen and oxygen atoms in total. The Balaban J connectivity index is 1.49. The first-order valence-electron chi connectivity index (χ1n) is 9.67. The van der Waals surface area contributed by atoms with Crippen molar-refractivity contribution >= 4 is 39.9 Å². The van der Waals surface area contributed by atoms with Crippen molar-refractivity contribution < 1.29 is 13.6 Å². The fraction of sp³-hybridized carbons (Fsp3) is 0.0435. The number of halogens is 2. The molecule has 0 aliphatic rings. The van der Waals surface area contributed by atoms with E-state index < -0.39 is 17.5 Å². The van der Waals surface area contributed by atoms with Gasteiger partial charge in [-0.05, 0) is 24.3 Å². The van der Waals surface area contributed by atoms with Crippen molar-refractivity contribution in [3.8, 4) is 11.4 Å². The van der Waals surface area contributed by atoms with Gasteiger partial charge in [-0.1, -0.05) is 54.2 Å². The van der Waals surface area contributed by atoms with Gasteiger partial charge in [-0.25, -0.2) is 13.8 Å². The number of nitrogens with zero attached hydrogens (tertiary/aromatic N) is 4. The van der Waals surface area contributed by atoms with E-state index in [1.807, 2.05) is 59.0 Å². The second-order valence-corrected chi connectivity index (χ2v) is 7.86. The molecule has 9 heteroatoms. The number of thioether (sulfide) groups is 1.